The van der Waals surface area contributed by atoms with Crippen molar-refractivity contribution >= 4 is 5.82 Å². The first-order valence-corrected chi connectivity index (χ1v) is 6.50. The van der Waals surface area contributed by atoms with Gasteiger partial charge < -0.3 is 10.6 Å². The second-order valence-corrected chi connectivity index (χ2v) is 4.57. The van der Waals surface area contributed by atoms with Gasteiger partial charge in [-0.15, -0.1) is 0 Å². The third kappa shape index (κ3) is 2.58. The summed E-state index contributed by atoms with van der Waals surface area (Å²) < 4.78 is 0. The number of hydrogen-bond donors (Lipinski definition) is 2. The molecule has 0 atom stereocenters. The van der Waals surface area contributed by atoms with E-state index in [1.807, 2.05) is 24.4 Å². The second kappa shape index (κ2) is 5.63. The molecular weight excluding hydrogens is 252 g/mol. The number of pyridine rings is 1. The number of rotatable bonds is 3. The number of aromatic nitrogens is 3. The lowest BCUT2D eigenvalue weighted by Gasteiger charge is -2.19. The molecule has 2 aromatic heterocycles. The zero-order valence-corrected chi connectivity index (χ0v) is 10.9. The van der Waals surface area contributed by atoms with Crippen molar-refractivity contribution in [2.75, 3.05) is 11.9 Å². The van der Waals surface area contributed by atoms with E-state index in [0.29, 0.717) is 6.54 Å². The molecule has 1 aliphatic heterocycles. The minimum absolute atomic E-state index is 0.222. The van der Waals surface area contributed by atoms with Crippen LogP contribution in [-0.2, 0) is 19.5 Å². The van der Waals surface area contributed by atoms with E-state index in [-0.39, 0.29) is 5.82 Å². The van der Waals surface area contributed by atoms with Gasteiger partial charge in [0.1, 0.15) is 11.9 Å². The lowest BCUT2D eigenvalue weighted by atomic mass is 10.1. The minimum atomic E-state index is 0.222. The first-order valence-electron chi connectivity index (χ1n) is 6.50. The zero-order chi connectivity index (χ0) is 13.8. The highest BCUT2D eigenvalue weighted by Crippen LogP contribution is 2.20. The molecule has 2 aromatic rings. The average Bonchev–Trinajstić information content (AvgIpc) is 2.53. The summed E-state index contributed by atoms with van der Waals surface area (Å²) in [5, 5.41) is 15.6. The SMILES string of the molecule is N#Cc1nc2c(c(NCc3cccnc3)n1)CNCC2. The van der Waals surface area contributed by atoms with E-state index >= 15 is 0 Å². The zero-order valence-electron chi connectivity index (χ0n) is 10.9. The van der Waals surface area contributed by atoms with Gasteiger partial charge in [0.05, 0.1) is 5.69 Å². The van der Waals surface area contributed by atoms with E-state index in [1.165, 1.54) is 0 Å². The van der Waals surface area contributed by atoms with Crippen LogP contribution in [0, 0.1) is 11.3 Å². The van der Waals surface area contributed by atoms with Crippen molar-refractivity contribution in [3.63, 3.8) is 0 Å². The van der Waals surface area contributed by atoms with Gasteiger partial charge in [-0.2, -0.15) is 5.26 Å². The standard InChI is InChI=1S/C14H14N6/c15-6-13-19-12-3-5-17-9-11(12)14(20-13)18-8-10-2-1-4-16-7-10/h1-2,4,7,17H,3,5,8-9H2,(H,18,19,20). The molecule has 20 heavy (non-hydrogen) atoms. The Morgan fingerprint density at radius 3 is 3.15 bits per heavy atom. The van der Waals surface area contributed by atoms with Crippen LogP contribution in [0.25, 0.3) is 0 Å². The van der Waals surface area contributed by atoms with E-state index < -0.39 is 0 Å². The van der Waals surface area contributed by atoms with Crippen molar-refractivity contribution in [3.05, 3.63) is 47.2 Å². The van der Waals surface area contributed by atoms with Crippen molar-refractivity contribution in [2.45, 2.75) is 19.5 Å². The molecule has 6 nitrogen and oxygen atoms in total. The summed E-state index contributed by atoms with van der Waals surface area (Å²) in [6, 6.07) is 5.92. The third-order valence-corrected chi connectivity index (χ3v) is 3.22. The Bertz CT molecular complexity index is 647. The highest BCUT2D eigenvalue weighted by Gasteiger charge is 2.17. The molecule has 1 aliphatic rings. The van der Waals surface area contributed by atoms with E-state index in [2.05, 4.69) is 25.6 Å². The van der Waals surface area contributed by atoms with Crippen LogP contribution in [0.1, 0.15) is 22.6 Å². The van der Waals surface area contributed by atoms with Gasteiger partial charge in [0.25, 0.3) is 0 Å². The summed E-state index contributed by atoms with van der Waals surface area (Å²) in [5.74, 6) is 0.960. The van der Waals surface area contributed by atoms with Gasteiger partial charge in [-0.1, -0.05) is 6.07 Å². The van der Waals surface area contributed by atoms with Gasteiger partial charge in [-0.25, -0.2) is 9.97 Å². The summed E-state index contributed by atoms with van der Waals surface area (Å²) >= 11 is 0. The van der Waals surface area contributed by atoms with Gasteiger partial charge in [0.2, 0.25) is 5.82 Å². The summed E-state index contributed by atoms with van der Waals surface area (Å²) in [6.07, 6.45) is 4.38. The summed E-state index contributed by atoms with van der Waals surface area (Å²) in [5.41, 5.74) is 3.09. The van der Waals surface area contributed by atoms with Crippen molar-refractivity contribution in [1.82, 2.24) is 20.3 Å². The minimum Gasteiger partial charge on any atom is -0.366 e. The van der Waals surface area contributed by atoms with E-state index in [1.54, 1.807) is 6.20 Å². The smallest absolute Gasteiger partial charge is 0.234 e. The number of hydrogen-bond acceptors (Lipinski definition) is 6. The van der Waals surface area contributed by atoms with E-state index in [0.717, 1.165) is 42.1 Å². The number of nitriles is 1. The largest absolute Gasteiger partial charge is 0.366 e. The third-order valence-electron chi connectivity index (χ3n) is 3.22. The molecule has 0 bridgehead atoms. The predicted molar refractivity (Wildman–Crippen MR) is 73.7 cm³/mol. The molecule has 3 heterocycles. The molecule has 0 radical (unpaired) electrons. The first-order chi connectivity index (χ1) is 9.86. The lowest BCUT2D eigenvalue weighted by molar-refractivity contribution is 0.625. The Morgan fingerprint density at radius 1 is 1.40 bits per heavy atom. The van der Waals surface area contributed by atoms with Gasteiger partial charge in [0.15, 0.2) is 0 Å². The Kier molecular flexibility index (Phi) is 3.52. The fourth-order valence-electron chi connectivity index (χ4n) is 2.23. The number of nitrogens with one attached hydrogen (secondary N) is 2. The summed E-state index contributed by atoms with van der Waals surface area (Å²) in [6.45, 7) is 2.25. The average molecular weight is 266 g/mol. The fourth-order valence-corrected chi connectivity index (χ4v) is 2.23. The van der Waals surface area contributed by atoms with Crippen LogP contribution in [0.2, 0.25) is 0 Å². The molecule has 0 spiro atoms. The topological polar surface area (TPSA) is 86.5 Å². The van der Waals surface area contributed by atoms with Gasteiger partial charge in [0, 0.05) is 44.0 Å². The molecule has 0 aromatic carbocycles. The Labute approximate surface area is 116 Å². The van der Waals surface area contributed by atoms with Crippen LogP contribution >= 0.6 is 0 Å². The van der Waals surface area contributed by atoms with Crippen LogP contribution in [0.3, 0.4) is 0 Å². The molecular formula is C14H14N6. The molecule has 0 fully saturated rings. The number of fused-ring (bicyclic) bond motifs is 1. The highest BCUT2D eigenvalue weighted by molar-refractivity contribution is 5.49. The fraction of sp³-hybridized carbons (Fsp3) is 0.286. The molecule has 0 saturated carbocycles. The van der Waals surface area contributed by atoms with Crippen molar-refractivity contribution in [3.8, 4) is 6.07 Å². The molecule has 0 saturated heterocycles. The molecule has 0 aliphatic carbocycles. The van der Waals surface area contributed by atoms with Crippen LogP contribution in [-0.4, -0.2) is 21.5 Å². The second-order valence-electron chi connectivity index (χ2n) is 4.57. The van der Waals surface area contributed by atoms with Crippen LogP contribution in [0.15, 0.2) is 24.5 Å². The maximum absolute atomic E-state index is 9.02. The molecule has 100 valence electrons. The van der Waals surface area contributed by atoms with Gasteiger partial charge in [-0.05, 0) is 11.6 Å². The Balaban J connectivity index is 1.86. The Hall–Kier alpha value is -2.52. The normalized spacial score (nSPS) is 13.3. The van der Waals surface area contributed by atoms with Crippen LogP contribution in [0.4, 0.5) is 5.82 Å². The van der Waals surface area contributed by atoms with E-state index in [4.69, 9.17) is 5.26 Å². The van der Waals surface area contributed by atoms with Crippen LogP contribution in [0.5, 0.6) is 0 Å². The van der Waals surface area contributed by atoms with Gasteiger partial charge >= 0.3 is 0 Å². The predicted octanol–water partition coefficient (Wildman–Crippen LogP) is 1.00. The maximum atomic E-state index is 9.02. The monoisotopic (exact) mass is 266 g/mol. The quantitative estimate of drug-likeness (QED) is 0.862. The number of anilines is 1. The molecule has 0 amide bonds. The summed E-state index contributed by atoms with van der Waals surface area (Å²) in [4.78, 5) is 12.6. The first kappa shape index (κ1) is 12.5. The van der Waals surface area contributed by atoms with E-state index in [9.17, 15) is 0 Å². The number of nitrogens with zero attached hydrogens (tertiary/aromatic N) is 4. The van der Waals surface area contributed by atoms with Gasteiger partial charge in [-0.3, -0.25) is 4.98 Å². The van der Waals surface area contributed by atoms with Crippen molar-refractivity contribution < 1.29 is 0 Å². The van der Waals surface area contributed by atoms with Crippen LogP contribution < -0.4 is 10.6 Å². The van der Waals surface area contributed by atoms with Crippen molar-refractivity contribution in [1.29, 1.82) is 5.26 Å². The molecule has 2 N–H and O–H groups in total. The Morgan fingerprint density at radius 2 is 2.35 bits per heavy atom. The highest BCUT2D eigenvalue weighted by atomic mass is 15.1. The molecule has 6 heteroatoms. The maximum Gasteiger partial charge on any atom is 0.234 e. The molecule has 0 unspecified atom stereocenters. The summed E-state index contributed by atoms with van der Waals surface area (Å²) in [7, 11) is 0. The molecule has 3 rings (SSSR count). The lowest BCUT2D eigenvalue weighted by Crippen LogP contribution is -2.26. The van der Waals surface area contributed by atoms with Crippen molar-refractivity contribution in [2.24, 2.45) is 0 Å².